The van der Waals surface area contributed by atoms with Crippen LogP contribution in [0.1, 0.15) is 0 Å². The summed E-state index contributed by atoms with van der Waals surface area (Å²) in [6.07, 6.45) is -9.84. The van der Waals surface area contributed by atoms with E-state index in [2.05, 4.69) is 0 Å². The molecule has 0 aliphatic heterocycles. The fourth-order valence-electron chi connectivity index (χ4n) is 1.21. The van der Waals surface area contributed by atoms with E-state index in [0.717, 1.165) is 0 Å². The third kappa shape index (κ3) is 1.97. The highest BCUT2D eigenvalue weighted by Crippen LogP contribution is 2.20. The normalized spacial score (nSPS) is 51.2. The minimum Gasteiger partial charge on any atom is -0.387 e. The molecule has 9 N–H and O–H groups in total. The summed E-state index contributed by atoms with van der Waals surface area (Å²) in [6.45, 7) is 0. The van der Waals surface area contributed by atoms with E-state index in [1.807, 2.05) is 0 Å². The molecule has 0 amide bonds. The van der Waals surface area contributed by atoms with Gasteiger partial charge >= 0.3 is 0 Å². The fraction of sp³-hybridized carbons (Fsp3) is 1.00. The molecule has 0 atom stereocenters. The molecule has 13 heavy (non-hydrogen) atoms. The van der Waals surface area contributed by atoms with Crippen molar-refractivity contribution in [3.63, 3.8) is 0 Å². The summed E-state index contributed by atoms with van der Waals surface area (Å²) in [6, 6.07) is 0. The molecule has 1 fully saturated rings. The third-order valence-corrected chi connectivity index (χ3v) is 2.10. The van der Waals surface area contributed by atoms with Crippen LogP contribution in [0.5, 0.6) is 0 Å². The molecule has 0 bridgehead atoms. The molecule has 0 radical (unpaired) electrons. The maximum atomic E-state index is 8.97. The molecule has 7 heteroatoms. The molecule has 1 saturated carbocycles. The topological polar surface area (TPSA) is 156 Å². The van der Waals surface area contributed by atoms with Crippen LogP contribution < -0.4 is 6.15 Å². The Morgan fingerprint density at radius 3 is 0.538 bits per heavy atom. The van der Waals surface area contributed by atoms with E-state index in [1.165, 1.54) is 0 Å². The van der Waals surface area contributed by atoms with Gasteiger partial charge in [0, 0.05) is 0 Å². The first-order valence-corrected chi connectivity index (χ1v) is 3.55. The molecule has 0 heterocycles. The molecular weight excluding hydrogens is 182 g/mol. The molecule has 1 aliphatic rings. The predicted molar refractivity (Wildman–Crippen MR) is 41.1 cm³/mol. The second-order valence-corrected chi connectivity index (χ2v) is 2.94. The molecule has 1 rings (SSSR count). The lowest BCUT2D eigenvalue weighted by Gasteiger charge is -2.39. The van der Waals surface area contributed by atoms with Crippen LogP contribution in [-0.4, -0.2) is 67.3 Å². The van der Waals surface area contributed by atoms with Crippen molar-refractivity contribution in [3.05, 3.63) is 0 Å². The molecule has 0 spiro atoms. The lowest BCUT2D eigenvalue weighted by Crippen LogP contribution is -2.63. The van der Waals surface area contributed by atoms with E-state index in [9.17, 15) is 0 Å². The van der Waals surface area contributed by atoms with E-state index >= 15 is 0 Å². The van der Waals surface area contributed by atoms with Crippen LogP contribution in [0.4, 0.5) is 0 Å². The maximum Gasteiger partial charge on any atom is 0.111 e. The van der Waals surface area contributed by atoms with Crippen molar-refractivity contribution in [2.75, 3.05) is 0 Å². The van der Waals surface area contributed by atoms with Crippen LogP contribution in [0.15, 0.2) is 0 Å². The zero-order chi connectivity index (χ0) is 9.46. The summed E-state index contributed by atoms with van der Waals surface area (Å²) in [7, 11) is 0. The maximum absolute atomic E-state index is 8.97. The quantitative estimate of drug-likeness (QED) is 0.211. The van der Waals surface area contributed by atoms with Crippen LogP contribution in [0.25, 0.3) is 0 Å². The van der Waals surface area contributed by atoms with E-state index in [1.54, 1.807) is 0 Å². The molecule has 0 unspecified atom stereocenters. The second-order valence-electron chi connectivity index (χ2n) is 2.94. The fourth-order valence-corrected chi connectivity index (χ4v) is 1.21. The third-order valence-electron chi connectivity index (χ3n) is 2.10. The van der Waals surface area contributed by atoms with Crippen LogP contribution in [0.3, 0.4) is 0 Å². The first-order valence-electron chi connectivity index (χ1n) is 3.55. The Morgan fingerprint density at radius 2 is 0.462 bits per heavy atom. The van der Waals surface area contributed by atoms with E-state index < -0.39 is 36.6 Å². The number of aliphatic hydroxyl groups is 6. The van der Waals surface area contributed by atoms with Gasteiger partial charge < -0.3 is 36.8 Å². The average Bonchev–Trinajstić information content (AvgIpc) is 2.08. The molecule has 0 aromatic rings. The van der Waals surface area contributed by atoms with Gasteiger partial charge in [-0.1, -0.05) is 0 Å². The van der Waals surface area contributed by atoms with Crippen molar-refractivity contribution in [3.8, 4) is 0 Å². The molecule has 0 aromatic carbocycles. The van der Waals surface area contributed by atoms with Gasteiger partial charge in [0.1, 0.15) is 36.6 Å². The Balaban J connectivity index is 0.00000144. The lowest BCUT2D eigenvalue weighted by atomic mass is 9.85. The summed E-state index contributed by atoms with van der Waals surface area (Å²) in [5.41, 5.74) is 0. The van der Waals surface area contributed by atoms with Crippen molar-refractivity contribution >= 4 is 0 Å². The Bertz CT molecular complexity index is 109. The monoisotopic (exact) mass is 197 g/mol. The summed E-state index contributed by atoms with van der Waals surface area (Å²) < 4.78 is 0. The zero-order valence-corrected chi connectivity index (χ0v) is 6.85. The average molecular weight is 197 g/mol. The SMILES string of the molecule is N.O[C@H]1[C@H](O)[C@@H](O)[C@H](O)[C@@H](O)[C@H]1O. The van der Waals surface area contributed by atoms with Gasteiger partial charge in [-0.3, -0.25) is 0 Å². The Labute approximate surface area is 74.5 Å². The van der Waals surface area contributed by atoms with Gasteiger partial charge in [0.25, 0.3) is 0 Å². The summed E-state index contributed by atoms with van der Waals surface area (Å²) in [5, 5.41) is 53.8. The van der Waals surface area contributed by atoms with Gasteiger partial charge in [0.2, 0.25) is 0 Å². The second kappa shape index (κ2) is 4.29. The van der Waals surface area contributed by atoms with Crippen LogP contribution in [0, 0.1) is 0 Å². The number of hydrogen-bond donors (Lipinski definition) is 7. The molecular formula is C6H15NO6. The Hall–Kier alpha value is -0.280. The van der Waals surface area contributed by atoms with Crippen molar-refractivity contribution in [1.29, 1.82) is 0 Å². The minimum absolute atomic E-state index is 0. The van der Waals surface area contributed by atoms with Crippen molar-refractivity contribution < 1.29 is 30.6 Å². The standard InChI is InChI=1S/C6H12O6.H3N/c7-1-2(8)4(10)6(12)5(11)3(1)9;/h1-12H;1H3/t1-,2-,3-,4+,5-,6-;. The first kappa shape index (κ1) is 12.7. The highest BCUT2D eigenvalue weighted by atomic mass is 16.4. The van der Waals surface area contributed by atoms with E-state index in [-0.39, 0.29) is 6.15 Å². The number of rotatable bonds is 0. The number of hydrogen-bond acceptors (Lipinski definition) is 7. The number of aliphatic hydroxyl groups excluding tert-OH is 6. The highest BCUT2D eigenvalue weighted by molar-refractivity contribution is 4.98. The van der Waals surface area contributed by atoms with Gasteiger partial charge in [0.15, 0.2) is 0 Å². The van der Waals surface area contributed by atoms with Crippen LogP contribution in [0.2, 0.25) is 0 Å². The summed E-state index contributed by atoms with van der Waals surface area (Å²) in [4.78, 5) is 0. The van der Waals surface area contributed by atoms with Crippen LogP contribution in [-0.2, 0) is 0 Å². The highest BCUT2D eigenvalue weighted by Gasteiger charge is 2.47. The van der Waals surface area contributed by atoms with Gasteiger partial charge in [-0.15, -0.1) is 0 Å². The molecule has 0 aromatic heterocycles. The van der Waals surface area contributed by atoms with E-state index in [4.69, 9.17) is 30.6 Å². The molecule has 0 saturated heterocycles. The molecule has 1 aliphatic carbocycles. The van der Waals surface area contributed by atoms with Crippen molar-refractivity contribution in [2.45, 2.75) is 36.6 Å². The summed E-state index contributed by atoms with van der Waals surface area (Å²) in [5.74, 6) is 0. The Kier molecular flexibility index (Phi) is 4.20. The largest absolute Gasteiger partial charge is 0.387 e. The smallest absolute Gasteiger partial charge is 0.111 e. The first-order chi connectivity index (χ1) is 5.46. The minimum atomic E-state index is -1.64. The molecule has 80 valence electrons. The zero-order valence-electron chi connectivity index (χ0n) is 6.85. The Morgan fingerprint density at radius 1 is 0.385 bits per heavy atom. The van der Waals surface area contributed by atoms with Crippen LogP contribution >= 0.6 is 0 Å². The van der Waals surface area contributed by atoms with Crippen molar-refractivity contribution in [1.82, 2.24) is 6.15 Å². The molecule has 7 nitrogen and oxygen atoms in total. The lowest BCUT2D eigenvalue weighted by molar-refractivity contribution is -0.223. The van der Waals surface area contributed by atoms with Gasteiger partial charge in [-0.25, -0.2) is 0 Å². The van der Waals surface area contributed by atoms with Crippen molar-refractivity contribution in [2.24, 2.45) is 0 Å². The van der Waals surface area contributed by atoms with E-state index in [0.29, 0.717) is 0 Å². The van der Waals surface area contributed by atoms with Gasteiger partial charge in [0.05, 0.1) is 0 Å². The van der Waals surface area contributed by atoms with Gasteiger partial charge in [-0.2, -0.15) is 0 Å². The predicted octanol–water partition coefficient (Wildman–Crippen LogP) is -3.67. The van der Waals surface area contributed by atoms with Gasteiger partial charge in [-0.05, 0) is 0 Å². The summed E-state index contributed by atoms with van der Waals surface area (Å²) >= 11 is 0.